The molecule has 0 bridgehead atoms. The third-order valence-corrected chi connectivity index (χ3v) is 3.82. The van der Waals surface area contributed by atoms with E-state index in [1.807, 2.05) is 31.2 Å². The highest BCUT2D eigenvalue weighted by Crippen LogP contribution is 2.34. The van der Waals surface area contributed by atoms with Crippen molar-refractivity contribution in [3.8, 4) is 17.4 Å². The van der Waals surface area contributed by atoms with Crippen LogP contribution in [0.1, 0.15) is 4.88 Å². The topological polar surface area (TPSA) is 44.2 Å². The van der Waals surface area contributed by atoms with Crippen LogP contribution in [0.15, 0.2) is 30.3 Å². The zero-order valence-corrected chi connectivity index (χ0v) is 12.5. The van der Waals surface area contributed by atoms with Gasteiger partial charge in [-0.15, -0.1) is 11.3 Å². The molecule has 0 amide bonds. The summed E-state index contributed by atoms with van der Waals surface area (Å²) in [4.78, 5) is 10.3. The first-order valence-corrected chi connectivity index (χ1v) is 7.11. The fourth-order valence-electron chi connectivity index (χ4n) is 1.85. The standard InChI is InChI=1S/C14H11ClN2O2S/c1-8-6-11-12(16-14(15)17-13(11)20-8)19-10-5-3-4-9(7-10)18-2/h3-7H,1-2H3. The Morgan fingerprint density at radius 2 is 1.95 bits per heavy atom. The van der Waals surface area contributed by atoms with E-state index in [1.54, 1.807) is 24.5 Å². The maximum atomic E-state index is 5.94. The largest absolute Gasteiger partial charge is 0.497 e. The molecule has 0 radical (unpaired) electrons. The van der Waals surface area contributed by atoms with Crippen molar-refractivity contribution in [1.82, 2.24) is 9.97 Å². The lowest BCUT2D eigenvalue weighted by molar-refractivity contribution is 0.408. The first-order valence-electron chi connectivity index (χ1n) is 5.91. The smallest absolute Gasteiger partial charge is 0.232 e. The minimum absolute atomic E-state index is 0.178. The molecular formula is C14H11ClN2O2S. The fraction of sp³-hybridized carbons (Fsp3) is 0.143. The van der Waals surface area contributed by atoms with Gasteiger partial charge in [0.1, 0.15) is 16.3 Å². The minimum Gasteiger partial charge on any atom is -0.497 e. The van der Waals surface area contributed by atoms with E-state index in [2.05, 4.69) is 9.97 Å². The second-order valence-corrected chi connectivity index (χ2v) is 5.73. The molecule has 4 nitrogen and oxygen atoms in total. The summed E-state index contributed by atoms with van der Waals surface area (Å²) in [6.07, 6.45) is 0. The van der Waals surface area contributed by atoms with Gasteiger partial charge in [0.05, 0.1) is 12.5 Å². The molecule has 0 aliphatic rings. The molecule has 0 N–H and O–H groups in total. The van der Waals surface area contributed by atoms with Crippen LogP contribution in [0.5, 0.6) is 17.4 Å². The van der Waals surface area contributed by atoms with Gasteiger partial charge in [-0.1, -0.05) is 6.07 Å². The van der Waals surface area contributed by atoms with Gasteiger partial charge in [0.2, 0.25) is 11.2 Å². The van der Waals surface area contributed by atoms with E-state index >= 15 is 0 Å². The highest BCUT2D eigenvalue weighted by molar-refractivity contribution is 7.18. The van der Waals surface area contributed by atoms with Gasteiger partial charge in [0.25, 0.3) is 0 Å². The van der Waals surface area contributed by atoms with E-state index < -0.39 is 0 Å². The van der Waals surface area contributed by atoms with Gasteiger partial charge in [-0.3, -0.25) is 0 Å². The number of rotatable bonds is 3. The number of aryl methyl sites for hydroxylation is 1. The average molecular weight is 307 g/mol. The molecule has 102 valence electrons. The molecule has 0 unspecified atom stereocenters. The van der Waals surface area contributed by atoms with Crippen molar-refractivity contribution in [3.05, 3.63) is 40.5 Å². The summed E-state index contributed by atoms with van der Waals surface area (Å²) >= 11 is 7.50. The molecule has 0 spiro atoms. The summed E-state index contributed by atoms with van der Waals surface area (Å²) in [7, 11) is 1.61. The van der Waals surface area contributed by atoms with E-state index in [-0.39, 0.29) is 5.28 Å². The molecule has 0 fully saturated rings. The molecule has 1 aromatic carbocycles. The third kappa shape index (κ3) is 2.55. The molecule has 6 heteroatoms. The monoisotopic (exact) mass is 306 g/mol. The van der Waals surface area contributed by atoms with Crippen molar-refractivity contribution in [2.24, 2.45) is 0 Å². The van der Waals surface area contributed by atoms with Crippen molar-refractivity contribution in [2.45, 2.75) is 6.92 Å². The van der Waals surface area contributed by atoms with Gasteiger partial charge in [-0.25, -0.2) is 4.98 Å². The van der Waals surface area contributed by atoms with Crippen molar-refractivity contribution in [2.75, 3.05) is 7.11 Å². The molecule has 0 aliphatic carbocycles. The van der Waals surface area contributed by atoms with E-state index in [1.165, 1.54) is 0 Å². The van der Waals surface area contributed by atoms with Crippen LogP contribution in [0.3, 0.4) is 0 Å². The molecule has 20 heavy (non-hydrogen) atoms. The highest BCUT2D eigenvalue weighted by Gasteiger charge is 2.12. The maximum Gasteiger partial charge on any atom is 0.232 e. The number of hydrogen-bond acceptors (Lipinski definition) is 5. The van der Waals surface area contributed by atoms with Gasteiger partial charge in [-0.2, -0.15) is 4.98 Å². The SMILES string of the molecule is COc1cccc(Oc2nc(Cl)nc3sc(C)cc23)c1. The molecule has 2 heterocycles. The van der Waals surface area contributed by atoms with Crippen molar-refractivity contribution < 1.29 is 9.47 Å². The fourth-order valence-corrected chi connectivity index (χ4v) is 2.93. The summed E-state index contributed by atoms with van der Waals surface area (Å²) < 4.78 is 11.0. The van der Waals surface area contributed by atoms with Gasteiger partial charge < -0.3 is 9.47 Å². The highest BCUT2D eigenvalue weighted by atomic mass is 35.5. The molecule has 0 saturated carbocycles. The lowest BCUT2D eigenvalue weighted by atomic mass is 10.3. The van der Waals surface area contributed by atoms with E-state index in [4.69, 9.17) is 21.1 Å². The number of methoxy groups -OCH3 is 1. The number of halogens is 1. The Kier molecular flexibility index (Phi) is 3.46. The predicted octanol–water partition coefficient (Wildman–Crippen LogP) is 4.45. The maximum absolute atomic E-state index is 5.94. The first-order chi connectivity index (χ1) is 9.65. The van der Waals surface area contributed by atoms with Gasteiger partial charge in [-0.05, 0) is 36.7 Å². The second-order valence-electron chi connectivity index (χ2n) is 4.15. The molecule has 0 saturated heterocycles. The summed E-state index contributed by atoms with van der Waals surface area (Å²) in [6.45, 7) is 2.01. The number of aromatic nitrogens is 2. The Labute approximate surface area is 125 Å². The van der Waals surface area contributed by atoms with Crippen LogP contribution in [0, 0.1) is 6.92 Å². The predicted molar refractivity (Wildman–Crippen MR) is 80.2 cm³/mol. The molecule has 2 aromatic heterocycles. The van der Waals surface area contributed by atoms with Crippen LogP contribution in [-0.4, -0.2) is 17.1 Å². The Balaban J connectivity index is 2.05. The van der Waals surface area contributed by atoms with Gasteiger partial charge >= 0.3 is 0 Å². The number of hydrogen-bond donors (Lipinski definition) is 0. The summed E-state index contributed by atoms with van der Waals surface area (Å²) in [5.41, 5.74) is 0. The normalized spacial score (nSPS) is 10.8. The van der Waals surface area contributed by atoms with E-state index in [0.717, 1.165) is 20.8 Å². The minimum atomic E-state index is 0.178. The van der Waals surface area contributed by atoms with Crippen LogP contribution in [0.25, 0.3) is 10.2 Å². The molecule has 3 aromatic rings. The van der Waals surface area contributed by atoms with Crippen LogP contribution < -0.4 is 9.47 Å². The van der Waals surface area contributed by atoms with Gasteiger partial charge in [0.15, 0.2) is 0 Å². The van der Waals surface area contributed by atoms with Crippen LogP contribution in [0.2, 0.25) is 5.28 Å². The summed E-state index contributed by atoms with van der Waals surface area (Å²) in [5.74, 6) is 1.82. The van der Waals surface area contributed by atoms with Crippen LogP contribution >= 0.6 is 22.9 Å². The lowest BCUT2D eigenvalue weighted by Crippen LogP contribution is -1.91. The third-order valence-electron chi connectivity index (χ3n) is 2.71. The van der Waals surface area contributed by atoms with Crippen molar-refractivity contribution >= 4 is 33.2 Å². The number of ether oxygens (including phenoxy) is 2. The Morgan fingerprint density at radius 1 is 1.15 bits per heavy atom. The molecular weight excluding hydrogens is 296 g/mol. The van der Waals surface area contributed by atoms with Gasteiger partial charge in [0, 0.05) is 10.9 Å². The quantitative estimate of drug-likeness (QED) is 0.670. The molecule has 0 atom stereocenters. The number of fused-ring (bicyclic) bond motifs is 1. The zero-order chi connectivity index (χ0) is 14.1. The molecule has 3 rings (SSSR count). The summed E-state index contributed by atoms with van der Waals surface area (Å²) in [6, 6.07) is 9.33. The Morgan fingerprint density at radius 3 is 2.75 bits per heavy atom. The number of nitrogens with zero attached hydrogens (tertiary/aromatic N) is 2. The van der Waals surface area contributed by atoms with E-state index in [0.29, 0.717) is 11.6 Å². The second kappa shape index (κ2) is 5.26. The Hall–Kier alpha value is -1.85. The zero-order valence-electron chi connectivity index (χ0n) is 10.9. The average Bonchev–Trinajstić information content (AvgIpc) is 2.79. The molecule has 0 aliphatic heterocycles. The lowest BCUT2D eigenvalue weighted by Gasteiger charge is -2.07. The van der Waals surface area contributed by atoms with Crippen molar-refractivity contribution in [3.63, 3.8) is 0 Å². The Bertz CT molecular complexity index is 773. The first kappa shape index (κ1) is 13.1. The van der Waals surface area contributed by atoms with Crippen LogP contribution in [-0.2, 0) is 0 Å². The van der Waals surface area contributed by atoms with Crippen LogP contribution in [0.4, 0.5) is 0 Å². The summed E-state index contributed by atoms with van der Waals surface area (Å²) in [5, 5.41) is 1.04. The number of benzene rings is 1. The van der Waals surface area contributed by atoms with E-state index in [9.17, 15) is 0 Å². The number of thiophene rings is 1. The van der Waals surface area contributed by atoms with Crippen molar-refractivity contribution in [1.29, 1.82) is 0 Å².